The van der Waals surface area contributed by atoms with Crippen LogP contribution in [0.3, 0.4) is 0 Å². The van der Waals surface area contributed by atoms with Crippen LogP contribution in [0.15, 0.2) is 16.7 Å². The Hall–Kier alpha value is -0.280. The van der Waals surface area contributed by atoms with E-state index in [4.69, 9.17) is 0 Å². The van der Waals surface area contributed by atoms with Crippen molar-refractivity contribution in [1.82, 2.24) is 9.88 Å². The highest BCUT2D eigenvalue weighted by Crippen LogP contribution is 2.15. The van der Waals surface area contributed by atoms with Gasteiger partial charge in [0.1, 0.15) is 0 Å². The van der Waals surface area contributed by atoms with Crippen molar-refractivity contribution in [1.29, 1.82) is 0 Å². The summed E-state index contributed by atoms with van der Waals surface area (Å²) in [5, 5.41) is 0. The minimum absolute atomic E-state index is 1.08. The van der Waals surface area contributed by atoms with Crippen LogP contribution in [0.5, 0.6) is 0 Å². The van der Waals surface area contributed by atoms with E-state index >= 15 is 0 Å². The molecule has 1 fully saturated rings. The van der Waals surface area contributed by atoms with E-state index in [-0.39, 0.29) is 0 Å². The monoisotopic (exact) mass is 228 g/mol. The van der Waals surface area contributed by atoms with Crippen molar-refractivity contribution >= 4 is 15.9 Å². The Bertz CT molecular complexity index is 251. The van der Waals surface area contributed by atoms with Crippen molar-refractivity contribution in [2.75, 3.05) is 13.1 Å². The van der Waals surface area contributed by atoms with E-state index in [0.29, 0.717) is 0 Å². The molecule has 66 valence electrons. The fourth-order valence-corrected chi connectivity index (χ4v) is 2.08. The third kappa shape index (κ3) is 1.90. The van der Waals surface area contributed by atoms with Crippen LogP contribution in [0, 0.1) is 0 Å². The third-order valence-corrected chi connectivity index (χ3v) is 2.76. The van der Waals surface area contributed by atoms with E-state index in [1.807, 2.05) is 6.20 Å². The maximum atomic E-state index is 3.43. The zero-order valence-electron chi connectivity index (χ0n) is 7.02. The summed E-state index contributed by atoms with van der Waals surface area (Å²) in [7, 11) is 0. The van der Waals surface area contributed by atoms with Crippen molar-refractivity contribution in [3.8, 4) is 0 Å². The van der Waals surface area contributed by atoms with Crippen LogP contribution in [0.1, 0.15) is 18.5 Å². The summed E-state index contributed by atoms with van der Waals surface area (Å²) >= 11 is 3.43. The van der Waals surface area contributed by atoms with Crippen LogP contribution >= 0.6 is 15.9 Å². The zero-order valence-corrected chi connectivity index (χ0v) is 8.60. The van der Waals surface area contributed by atoms with Crippen LogP contribution in [0.4, 0.5) is 0 Å². The molecule has 0 bridgehead atoms. The summed E-state index contributed by atoms with van der Waals surface area (Å²) in [5.41, 5.74) is 1.31. The van der Waals surface area contributed by atoms with Gasteiger partial charge < -0.3 is 4.98 Å². The highest BCUT2D eigenvalue weighted by molar-refractivity contribution is 9.10. The molecule has 0 atom stereocenters. The molecule has 0 aromatic carbocycles. The molecule has 1 aromatic heterocycles. The van der Waals surface area contributed by atoms with E-state index in [0.717, 1.165) is 11.0 Å². The Kier molecular flexibility index (Phi) is 2.51. The molecule has 12 heavy (non-hydrogen) atoms. The second-order valence-electron chi connectivity index (χ2n) is 3.33. The molecular weight excluding hydrogens is 216 g/mol. The van der Waals surface area contributed by atoms with Gasteiger partial charge in [0.15, 0.2) is 0 Å². The largest absolute Gasteiger partial charge is 0.363 e. The predicted molar refractivity (Wildman–Crippen MR) is 53.0 cm³/mol. The van der Waals surface area contributed by atoms with Crippen LogP contribution in [0.25, 0.3) is 0 Å². The van der Waals surface area contributed by atoms with Gasteiger partial charge in [0.2, 0.25) is 0 Å². The topological polar surface area (TPSA) is 19.0 Å². The molecule has 0 radical (unpaired) electrons. The summed E-state index contributed by atoms with van der Waals surface area (Å²) in [6.07, 6.45) is 4.72. The van der Waals surface area contributed by atoms with Crippen LogP contribution in [0.2, 0.25) is 0 Å². The first-order valence-electron chi connectivity index (χ1n) is 4.40. The summed E-state index contributed by atoms with van der Waals surface area (Å²) in [4.78, 5) is 5.73. The molecule has 2 heterocycles. The Morgan fingerprint density at radius 3 is 2.75 bits per heavy atom. The molecule has 0 spiro atoms. The van der Waals surface area contributed by atoms with Gasteiger partial charge >= 0.3 is 0 Å². The van der Waals surface area contributed by atoms with E-state index < -0.39 is 0 Å². The minimum Gasteiger partial charge on any atom is -0.363 e. The second-order valence-corrected chi connectivity index (χ2v) is 4.24. The summed E-state index contributed by atoms with van der Waals surface area (Å²) < 4.78 is 1.15. The molecule has 1 aliphatic rings. The number of likely N-dealkylation sites (tertiary alicyclic amines) is 1. The normalized spacial score (nSPS) is 18.8. The van der Waals surface area contributed by atoms with Crippen molar-refractivity contribution in [3.63, 3.8) is 0 Å². The first kappa shape index (κ1) is 8.32. The molecule has 0 saturated carbocycles. The maximum absolute atomic E-state index is 3.43. The smallest absolute Gasteiger partial charge is 0.0385 e. The van der Waals surface area contributed by atoms with Gasteiger partial charge in [-0.25, -0.2) is 0 Å². The third-order valence-electron chi connectivity index (χ3n) is 2.30. The average molecular weight is 229 g/mol. The first-order chi connectivity index (χ1) is 5.84. The van der Waals surface area contributed by atoms with Gasteiger partial charge in [-0.1, -0.05) is 0 Å². The predicted octanol–water partition coefficient (Wildman–Crippen LogP) is 2.37. The molecule has 2 rings (SSSR count). The highest BCUT2D eigenvalue weighted by Gasteiger charge is 2.11. The Morgan fingerprint density at radius 2 is 2.17 bits per heavy atom. The van der Waals surface area contributed by atoms with Gasteiger partial charge in [-0.05, 0) is 47.9 Å². The number of nitrogens with zero attached hydrogens (tertiary/aromatic N) is 1. The molecule has 0 aliphatic carbocycles. The summed E-state index contributed by atoms with van der Waals surface area (Å²) in [6, 6.07) is 2.15. The SMILES string of the molecule is Brc1c[nH]c(CN2CCCC2)c1. The molecule has 0 amide bonds. The summed E-state index contributed by atoms with van der Waals surface area (Å²) in [5.74, 6) is 0. The fourth-order valence-electron chi connectivity index (χ4n) is 1.68. The van der Waals surface area contributed by atoms with Crippen molar-refractivity contribution in [2.24, 2.45) is 0 Å². The quantitative estimate of drug-likeness (QED) is 0.824. The molecule has 1 aliphatic heterocycles. The lowest BCUT2D eigenvalue weighted by molar-refractivity contribution is 0.328. The van der Waals surface area contributed by atoms with E-state index in [1.165, 1.54) is 31.6 Å². The first-order valence-corrected chi connectivity index (χ1v) is 5.19. The standard InChI is InChI=1S/C9H13BrN2/c10-8-5-9(11-6-8)7-12-3-1-2-4-12/h5-6,11H,1-4,7H2. The van der Waals surface area contributed by atoms with Crippen LogP contribution < -0.4 is 0 Å². The maximum Gasteiger partial charge on any atom is 0.0385 e. The molecule has 1 N–H and O–H groups in total. The number of H-pyrrole nitrogens is 1. The number of halogens is 1. The van der Waals surface area contributed by atoms with Gasteiger partial charge in [0.05, 0.1) is 0 Å². The number of hydrogen-bond donors (Lipinski definition) is 1. The summed E-state index contributed by atoms with van der Waals surface area (Å²) in [6.45, 7) is 3.60. The zero-order chi connectivity index (χ0) is 8.39. The number of aromatic amines is 1. The lowest BCUT2D eigenvalue weighted by Crippen LogP contribution is -2.18. The molecule has 0 unspecified atom stereocenters. The number of nitrogens with one attached hydrogen (secondary N) is 1. The van der Waals surface area contributed by atoms with Gasteiger partial charge in [0.25, 0.3) is 0 Å². The van der Waals surface area contributed by atoms with Crippen molar-refractivity contribution < 1.29 is 0 Å². The number of hydrogen-bond acceptors (Lipinski definition) is 1. The van der Waals surface area contributed by atoms with Gasteiger partial charge in [0, 0.05) is 22.9 Å². The molecule has 1 aromatic rings. The highest BCUT2D eigenvalue weighted by atomic mass is 79.9. The van der Waals surface area contributed by atoms with Crippen molar-refractivity contribution in [3.05, 3.63) is 22.4 Å². The van der Waals surface area contributed by atoms with E-state index in [2.05, 4.69) is 31.9 Å². The van der Waals surface area contributed by atoms with E-state index in [1.54, 1.807) is 0 Å². The van der Waals surface area contributed by atoms with Crippen LogP contribution in [-0.4, -0.2) is 23.0 Å². The number of rotatable bonds is 2. The lowest BCUT2D eigenvalue weighted by atomic mass is 10.4. The lowest BCUT2D eigenvalue weighted by Gasteiger charge is -2.12. The van der Waals surface area contributed by atoms with Gasteiger partial charge in [-0.2, -0.15) is 0 Å². The molecule has 3 heteroatoms. The number of aromatic nitrogens is 1. The fraction of sp³-hybridized carbons (Fsp3) is 0.556. The van der Waals surface area contributed by atoms with E-state index in [9.17, 15) is 0 Å². The Balaban J connectivity index is 1.94. The van der Waals surface area contributed by atoms with Gasteiger partial charge in [-0.15, -0.1) is 0 Å². The molecule has 2 nitrogen and oxygen atoms in total. The average Bonchev–Trinajstić information content (AvgIpc) is 2.63. The second kappa shape index (κ2) is 3.62. The van der Waals surface area contributed by atoms with Crippen molar-refractivity contribution in [2.45, 2.75) is 19.4 Å². The van der Waals surface area contributed by atoms with Crippen LogP contribution in [-0.2, 0) is 6.54 Å². The Labute approximate surface area is 81.1 Å². The Morgan fingerprint density at radius 1 is 1.42 bits per heavy atom. The molecule has 1 saturated heterocycles. The van der Waals surface area contributed by atoms with Gasteiger partial charge in [-0.3, -0.25) is 4.90 Å². The minimum atomic E-state index is 1.08. The molecular formula is C9H13BrN2.